The van der Waals surface area contributed by atoms with Crippen molar-refractivity contribution in [2.75, 3.05) is 0 Å². The van der Waals surface area contributed by atoms with Gasteiger partial charge in [-0.3, -0.25) is 0 Å². The Morgan fingerprint density at radius 2 is 1.00 bits per heavy atom. The van der Waals surface area contributed by atoms with Gasteiger partial charge in [-0.15, -0.1) is 0 Å². The molecule has 0 rings (SSSR count). The van der Waals surface area contributed by atoms with Crippen LogP contribution in [0.1, 0.15) is 0 Å². The lowest BCUT2D eigenvalue weighted by atomic mass is 10.2. The smallest absolute Gasteiger partial charge is 0.401 e. The van der Waals surface area contributed by atoms with Crippen molar-refractivity contribution in [1.29, 1.82) is 0 Å². The van der Waals surface area contributed by atoms with Gasteiger partial charge < -0.3 is 25.5 Å². The molecular formula is C5H7ClO8. The van der Waals surface area contributed by atoms with Crippen molar-refractivity contribution in [3.63, 3.8) is 0 Å². The monoisotopic (exact) mass is 230 g/mol. The van der Waals surface area contributed by atoms with Gasteiger partial charge in [-0.05, 0) is 0 Å². The van der Waals surface area contributed by atoms with Crippen LogP contribution in [0.3, 0.4) is 0 Å². The number of aliphatic hydroxyl groups is 2. The van der Waals surface area contributed by atoms with Gasteiger partial charge in [-0.1, -0.05) is 0 Å². The van der Waals surface area contributed by atoms with E-state index >= 15 is 0 Å². The first kappa shape index (κ1) is 15.1. The van der Waals surface area contributed by atoms with Crippen LogP contribution in [0.2, 0.25) is 0 Å². The van der Waals surface area contributed by atoms with Crippen LogP contribution >= 0.6 is 11.6 Å². The first-order chi connectivity index (χ1) is 6.20. The first-order valence-electron chi connectivity index (χ1n) is 2.90. The number of carbonyl (C=O) groups is 3. The van der Waals surface area contributed by atoms with Crippen molar-refractivity contribution in [1.82, 2.24) is 0 Å². The highest BCUT2D eigenvalue weighted by atomic mass is 35.5. The lowest BCUT2D eigenvalue weighted by Crippen LogP contribution is -2.39. The maximum absolute atomic E-state index is 9.77. The molecule has 0 radical (unpaired) electrons. The summed E-state index contributed by atoms with van der Waals surface area (Å²) in [6.07, 6.45) is -4.53. The van der Waals surface area contributed by atoms with Gasteiger partial charge in [0.15, 0.2) is 12.2 Å². The maximum atomic E-state index is 9.77. The number of halogens is 1. The van der Waals surface area contributed by atoms with Crippen LogP contribution in [0.15, 0.2) is 0 Å². The van der Waals surface area contributed by atoms with E-state index in [-0.39, 0.29) is 0 Å². The minimum absolute atomic E-state index is 1.36. The molecule has 0 amide bonds. The predicted molar refractivity (Wildman–Crippen MR) is 41.2 cm³/mol. The molecule has 0 saturated carbocycles. The van der Waals surface area contributed by atoms with E-state index in [0.717, 1.165) is 0 Å². The van der Waals surface area contributed by atoms with Crippen molar-refractivity contribution in [2.45, 2.75) is 12.2 Å². The van der Waals surface area contributed by atoms with Crippen molar-refractivity contribution < 1.29 is 39.9 Å². The van der Waals surface area contributed by atoms with Crippen molar-refractivity contribution in [3.05, 3.63) is 0 Å². The third-order valence-electron chi connectivity index (χ3n) is 0.805. The molecule has 0 aliphatic heterocycles. The fourth-order valence-electron chi connectivity index (χ4n) is 0.270. The molecule has 5 N–H and O–H groups in total. The van der Waals surface area contributed by atoms with E-state index in [1.165, 1.54) is 0 Å². The quantitative estimate of drug-likeness (QED) is 0.378. The molecule has 0 aliphatic carbocycles. The Bertz CT molecular complexity index is 204. The molecule has 0 aromatic heterocycles. The van der Waals surface area contributed by atoms with E-state index in [1.54, 1.807) is 0 Å². The number of rotatable bonds is 3. The average molecular weight is 231 g/mol. The maximum Gasteiger partial charge on any atom is 0.401 e. The third-order valence-corrected chi connectivity index (χ3v) is 0.805. The Balaban J connectivity index is 0. The zero-order valence-corrected chi connectivity index (χ0v) is 7.25. The number of carboxylic acids is 2. The first-order valence-corrected chi connectivity index (χ1v) is 3.28. The minimum atomic E-state index is -2.27. The summed E-state index contributed by atoms with van der Waals surface area (Å²) in [5, 5.41) is 39.7. The molecule has 0 aromatic carbocycles. The summed E-state index contributed by atoms with van der Waals surface area (Å²) >= 11 is 4.19. The number of aliphatic carboxylic acids is 2. The molecule has 0 saturated heterocycles. The van der Waals surface area contributed by atoms with E-state index in [0.29, 0.717) is 0 Å². The van der Waals surface area contributed by atoms with Crippen LogP contribution < -0.4 is 0 Å². The molecule has 0 fully saturated rings. The molecule has 0 aliphatic rings. The standard InChI is InChI=1S/C4H6O6.CHClO2/c5-1(3(7)8)2(6)4(9)10;2-1(3)4/h1-2,5-6H,(H,7,8)(H,9,10);(H,3,4). The summed E-state index contributed by atoms with van der Waals surface area (Å²) < 4.78 is 0. The fraction of sp³-hybridized carbons (Fsp3) is 0.400. The van der Waals surface area contributed by atoms with Gasteiger partial charge in [0, 0.05) is 11.6 Å². The molecule has 0 bridgehead atoms. The Hall–Kier alpha value is -1.38. The van der Waals surface area contributed by atoms with Gasteiger partial charge in [0.05, 0.1) is 0 Å². The van der Waals surface area contributed by atoms with Gasteiger partial charge in [0.1, 0.15) is 0 Å². The van der Waals surface area contributed by atoms with Crippen LogP contribution in [0, 0.1) is 0 Å². The lowest BCUT2D eigenvalue weighted by Gasteiger charge is -2.07. The zero-order chi connectivity index (χ0) is 11.9. The van der Waals surface area contributed by atoms with Crippen LogP contribution in [0.25, 0.3) is 0 Å². The highest BCUT2D eigenvalue weighted by molar-refractivity contribution is 6.60. The second-order valence-corrected chi connectivity index (χ2v) is 2.14. The summed E-state index contributed by atoms with van der Waals surface area (Å²) in [5.41, 5.74) is -1.36. The van der Waals surface area contributed by atoms with Gasteiger partial charge in [0.2, 0.25) is 0 Å². The third kappa shape index (κ3) is 8.71. The van der Waals surface area contributed by atoms with E-state index < -0.39 is 29.6 Å². The average Bonchev–Trinajstić information content (AvgIpc) is 2.00. The summed E-state index contributed by atoms with van der Waals surface area (Å²) in [5.74, 6) is -3.54. The highest BCUT2D eigenvalue weighted by Crippen LogP contribution is 1.92. The molecule has 2 atom stereocenters. The summed E-state index contributed by atoms with van der Waals surface area (Å²) in [4.78, 5) is 28.3. The van der Waals surface area contributed by atoms with Gasteiger partial charge in [0.25, 0.3) is 0 Å². The van der Waals surface area contributed by atoms with Crippen LogP contribution in [-0.2, 0) is 9.59 Å². The minimum Gasteiger partial charge on any atom is -0.479 e. The SMILES string of the molecule is O=C(O)C(O)C(O)C(=O)O.O=C(O)Cl. The summed E-state index contributed by atoms with van der Waals surface area (Å²) in [6.45, 7) is 0. The molecule has 82 valence electrons. The molecule has 14 heavy (non-hydrogen) atoms. The van der Waals surface area contributed by atoms with E-state index in [9.17, 15) is 9.59 Å². The number of carboxylic acid groups (broad SMARTS) is 3. The summed E-state index contributed by atoms with van der Waals surface area (Å²) in [7, 11) is 0. The summed E-state index contributed by atoms with van der Waals surface area (Å²) in [6, 6.07) is 0. The Morgan fingerprint density at radius 1 is 0.857 bits per heavy atom. The predicted octanol–water partition coefficient (Wildman–Crippen LogP) is -1.22. The van der Waals surface area contributed by atoms with Crippen molar-refractivity contribution in [2.24, 2.45) is 0 Å². The highest BCUT2D eigenvalue weighted by Gasteiger charge is 2.29. The molecular weight excluding hydrogens is 223 g/mol. The molecule has 2 unspecified atom stereocenters. The molecule has 0 heterocycles. The van der Waals surface area contributed by atoms with E-state index in [4.69, 9.17) is 30.3 Å². The van der Waals surface area contributed by atoms with Crippen LogP contribution in [0.4, 0.5) is 4.79 Å². The zero-order valence-electron chi connectivity index (χ0n) is 6.49. The largest absolute Gasteiger partial charge is 0.479 e. The van der Waals surface area contributed by atoms with E-state index in [1.807, 2.05) is 0 Å². The van der Waals surface area contributed by atoms with Crippen molar-refractivity contribution in [3.8, 4) is 0 Å². The molecule has 8 nitrogen and oxygen atoms in total. The number of hydrogen-bond donors (Lipinski definition) is 5. The van der Waals surface area contributed by atoms with Gasteiger partial charge >= 0.3 is 17.4 Å². The topological polar surface area (TPSA) is 152 Å². The van der Waals surface area contributed by atoms with Crippen molar-refractivity contribution >= 4 is 29.0 Å². The van der Waals surface area contributed by atoms with Gasteiger partial charge in [-0.2, -0.15) is 0 Å². The van der Waals surface area contributed by atoms with Gasteiger partial charge in [-0.25, -0.2) is 14.4 Å². The Labute approximate surface area is 82.0 Å². The fourth-order valence-corrected chi connectivity index (χ4v) is 0.270. The molecule has 9 heteroatoms. The lowest BCUT2D eigenvalue weighted by molar-refractivity contribution is -0.165. The second-order valence-electron chi connectivity index (χ2n) is 1.82. The Kier molecular flexibility index (Phi) is 7.62. The number of hydrogen-bond acceptors (Lipinski definition) is 5. The van der Waals surface area contributed by atoms with E-state index in [2.05, 4.69) is 11.6 Å². The van der Waals surface area contributed by atoms with Crippen LogP contribution in [-0.4, -0.2) is 55.1 Å². The Morgan fingerprint density at radius 3 is 1.07 bits per heavy atom. The van der Waals surface area contributed by atoms with Crippen LogP contribution in [0.5, 0.6) is 0 Å². The number of aliphatic hydroxyl groups excluding tert-OH is 2. The second kappa shape index (κ2) is 7.06. The molecule has 0 spiro atoms. The normalized spacial score (nSPS) is 13.1. The molecule has 0 aromatic rings.